The molecule has 22 heavy (non-hydrogen) atoms. The van der Waals surface area contributed by atoms with Crippen molar-refractivity contribution in [2.45, 2.75) is 25.4 Å². The lowest BCUT2D eigenvalue weighted by Crippen LogP contribution is -2.42. The van der Waals surface area contributed by atoms with Crippen LogP contribution in [0.3, 0.4) is 0 Å². The fraction of sp³-hybridized carbons (Fsp3) is 0.312. The van der Waals surface area contributed by atoms with E-state index in [-0.39, 0.29) is 24.7 Å². The predicted molar refractivity (Wildman–Crippen MR) is 90.4 cm³/mol. The lowest BCUT2D eigenvalue weighted by molar-refractivity contribution is 0.229. The maximum Gasteiger partial charge on any atom is 0.315 e. The van der Waals surface area contributed by atoms with Crippen molar-refractivity contribution in [2.24, 2.45) is 0 Å². The molecule has 2 amide bonds. The van der Waals surface area contributed by atoms with Gasteiger partial charge in [0.25, 0.3) is 0 Å². The van der Waals surface area contributed by atoms with Crippen LogP contribution in [-0.2, 0) is 0 Å². The summed E-state index contributed by atoms with van der Waals surface area (Å²) >= 11 is 7.51. The second-order valence-electron chi connectivity index (χ2n) is 5.07. The number of amides is 2. The van der Waals surface area contributed by atoms with Gasteiger partial charge in [0.05, 0.1) is 6.04 Å². The third-order valence-corrected chi connectivity index (χ3v) is 4.25. The van der Waals surface area contributed by atoms with Crippen molar-refractivity contribution >= 4 is 29.0 Å². The number of hydrogen-bond donors (Lipinski definition) is 3. The molecule has 0 aliphatic rings. The van der Waals surface area contributed by atoms with E-state index in [1.165, 1.54) is 0 Å². The molecule has 6 heteroatoms. The van der Waals surface area contributed by atoms with Gasteiger partial charge in [-0.1, -0.05) is 23.7 Å². The van der Waals surface area contributed by atoms with Crippen LogP contribution in [0.5, 0.6) is 0 Å². The summed E-state index contributed by atoms with van der Waals surface area (Å²) in [4.78, 5) is 12.1. The molecule has 2 rings (SSSR count). The van der Waals surface area contributed by atoms with Gasteiger partial charge in [-0.3, -0.25) is 0 Å². The van der Waals surface area contributed by atoms with Crippen molar-refractivity contribution in [3.63, 3.8) is 0 Å². The van der Waals surface area contributed by atoms with Gasteiger partial charge in [0.15, 0.2) is 0 Å². The first-order chi connectivity index (χ1) is 10.6. The zero-order chi connectivity index (χ0) is 15.9. The van der Waals surface area contributed by atoms with Gasteiger partial charge in [0.2, 0.25) is 0 Å². The molecule has 1 unspecified atom stereocenters. The van der Waals surface area contributed by atoms with Crippen LogP contribution in [0.4, 0.5) is 4.79 Å². The Labute approximate surface area is 139 Å². The molecule has 118 valence electrons. The van der Waals surface area contributed by atoms with Gasteiger partial charge in [0.1, 0.15) is 0 Å². The minimum absolute atomic E-state index is 0.0482. The average molecular weight is 339 g/mol. The van der Waals surface area contributed by atoms with Crippen molar-refractivity contribution in [1.82, 2.24) is 10.6 Å². The lowest BCUT2D eigenvalue weighted by atomic mass is 10.0. The zero-order valence-electron chi connectivity index (χ0n) is 12.3. The average Bonchev–Trinajstić information content (AvgIpc) is 3.00. The van der Waals surface area contributed by atoms with Crippen molar-refractivity contribution < 1.29 is 9.90 Å². The Balaban J connectivity index is 2.12. The molecular weight excluding hydrogens is 320 g/mol. The normalized spacial score (nSPS) is 13.4. The minimum atomic E-state index is -0.257. The van der Waals surface area contributed by atoms with E-state index in [0.29, 0.717) is 11.4 Å². The summed E-state index contributed by atoms with van der Waals surface area (Å²) in [5, 5.41) is 19.4. The van der Waals surface area contributed by atoms with Gasteiger partial charge < -0.3 is 15.7 Å². The Bertz CT molecular complexity index is 587. The van der Waals surface area contributed by atoms with Gasteiger partial charge in [-0.2, -0.15) is 11.3 Å². The summed E-state index contributed by atoms with van der Waals surface area (Å²) in [5.41, 5.74) is 1.99. The highest BCUT2D eigenvalue weighted by molar-refractivity contribution is 7.08. The van der Waals surface area contributed by atoms with Gasteiger partial charge in [-0.25, -0.2) is 4.79 Å². The number of carbonyl (C=O) groups excluding carboxylic acids is 1. The van der Waals surface area contributed by atoms with Crippen LogP contribution in [0.2, 0.25) is 5.02 Å². The molecule has 0 aliphatic carbocycles. The highest BCUT2D eigenvalue weighted by Crippen LogP contribution is 2.25. The molecule has 0 fully saturated rings. The number of carbonyl (C=O) groups is 1. The fourth-order valence-corrected chi connectivity index (χ4v) is 2.93. The van der Waals surface area contributed by atoms with Crippen LogP contribution in [0, 0.1) is 0 Å². The molecule has 2 atom stereocenters. The SMILES string of the molecule is C[C@H](CCO)NC(=O)NC(c1ccc(Cl)cc1)c1ccsc1. The Morgan fingerprint density at radius 1 is 1.23 bits per heavy atom. The van der Waals surface area contributed by atoms with Gasteiger partial charge >= 0.3 is 6.03 Å². The molecule has 1 aromatic heterocycles. The summed E-state index contributed by atoms with van der Waals surface area (Å²) < 4.78 is 0. The molecular formula is C16H19ClN2O2S. The maximum absolute atomic E-state index is 12.1. The minimum Gasteiger partial charge on any atom is -0.396 e. The number of halogens is 1. The van der Waals surface area contributed by atoms with Gasteiger partial charge in [-0.05, 0) is 53.4 Å². The molecule has 1 aromatic carbocycles. The van der Waals surface area contributed by atoms with Crippen LogP contribution < -0.4 is 10.6 Å². The van der Waals surface area contributed by atoms with Crippen molar-refractivity contribution in [2.75, 3.05) is 6.61 Å². The largest absolute Gasteiger partial charge is 0.396 e. The number of rotatable bonds is 6. The van der Waals surface area contributed by atoms with Gasteiger partial charge in [-0.15, -0.1) is 0 Å². The molecule has 3 N–H and O–H groups in total. The Kier molecular flexibility index (Phi) is 6.24. The third kappa shape index (κ3) is 4.73. The highest BCUT2D eigenvalue weighted by Gasteiger charge is 2.18. The standard InChI is InChI=1S/C16H19ClN2O2S/c1-11(6-8-20)18-16(21)19-15(13-7-9-22-10-13)12-2-4-14(17)5-3-12/h2-5,7,9-11,15,20H,6,8H2,1H3,(H2,18,19,21)/t11-,15?/m1/s1. The maximum atomic E-state index is 12.1. The topological polar surface area (TPSA) is 61.4 Å². The summed E-state index contributed by atoms with van der Waals surface area (Å²) in [5.74, 6) is 0. The van der Waals surface area contributed by atoms with E-state index in [9.17, 15) is 4.79 Å². The van der Waals surface area contributed by atoms with Crippen LogP contribution in [0.1, 0.15) is 30.5 Å². The molecule has 0 aliphatic heterocycles. The number of urea groups is 1. The lowest BCUT2D eigenvalue weighted by Gasteiger charge is -2.21. The molecule has 0 bridgehead atoms. The molecule has 0 radical (unpaired) electrons. The van der Waals surface area contributed by atoms with E-state index < -0.39 is 0 Å². The van der Waals surface area contributed by atoms with Crippen LogP contribution in [0.15, 0.2) is 41.1 Å². The smallest absolute Gasteiger partial charge is 0.315 e. The van der Waals surface area contributed by atoms with Crippen LogP contribution in [0.25, 0.3) is 0 Å². The Morgan fingerprint density at radius 2 is 1.95 bits per heavy atom. The van der Waals surface area contributed by atoms with E-state index in [1.54, 1.807) is 11.3 Å². The first-order valence-electron chi connectivity index (χ1n) is 7.05. The Morgan fingerprint density at radius 3 is 2.55 bits per heavy atom. The van der Waals surface area contributed by atoms with Gasteiger partial charge in [0, 0.05) is 17.7 Å². The molecule has 2 aromatic rings. The molecule has 0 spiro atoms. The zero-order valence-corrected chi connectivity index (χ0v) is 13.8. The first kappa shape index (κ1) is 16.8. The van der Waals surface area contributed by atoms with Crippen molar-refractivity contribution in [3.8, 4) is 0 Å². The molecule has 0 saturated heterocycles. The molecule has 1 heterocycles. The van der Waals surface area contributed by atoms with Crippen molar-refractivity contribution in [3.05, 3.63) is 57.2 Å². The quantitative estimate of drug-likeness (QED) is 0.754. The molecule has 0 saturated carbocycles. The van der Waals surface area contributed by atoms with E-state index in [0.717, 1.165) is 11.1 Å². The third-order valence-electron chi connectivity index (χ3n) is 3.29. The summed E-state index contributed by atoms with van der Waals surface area (Å²) in [7, 11) is 0. The highest BCUT2D eigenvalue weighted by atomic mass is 35.5. The number of nitrogens with one attached hydrogen (secondary N) is 2. The summed E-state index contributed by atoms with van der Waals surface area (Å²) in [6, 6.07) is 8.84. The second-order valence-corrected chi connectivity index (χ2v) is 6.29. The number of hydrogen-bond acceptors (Lipinski definition) is 3. The fourth-order valence-electron chi connectivity index (χ4n) is 2.12. The van der Waals surface area contributed by atoms with E-state index >= 15 is 0 Å². The van der Waals surface area contributed by atoms with Crippen LogP contribution >= 0.6 is 22.9 Å². The van der Waals surface area contributed by atoms with E-state index in [2.05, 4.69) is 10.6 Å². The monoisotopic (exact) mass is 338 g/mol. The predicted octanol–water partition coefficient (Wildman–Crippen LogP) is 3.56. The number of aliphatic hydroxyl groups excluding tert-OH is 1. The molecule has 4 nitrogen and oxygen atoms in total. The number of thiophene rings is 1. The van der Waals surface area contributed by atoms with Crippen LogP contribution in [-0.4, -0.2) is 23.8 Å². The first-order valence-corrected chi connectivity index (χ1v) is 8.37. The number of aliphatic hydroxyl groups is 1. The summed E-state index contributed by atoms with van der Waals surface area (Å²) in [6.45, 7) is 1.91. The Hall–Kier alpha value is -1.56. The second kappa shape index (κ2) is 8.17. The van der Waals surface area contributed by atoms with E-state index in [1.807, 2.05) is 48.0 Å². The summed E-state index contributed by atoms with van der Waals surface area (Å²) in [6.07, 6.45) is 0.525. The van der Waals surface area contributed by atoms with Crippen molar-refractivity contribution in [1.29, 1.82) is 0 Å². The number of benzene rings is 1. The van der Waals surface area contributed by atoms with E-state index in [4.69, 9.17) is 16.7 Å².